The Morgan fingerprint density at radius 3 is 2.52 bits per heavy atom. The molecule has 2 aromatic carbocycles. The van der Waals surface area contributed by atoms with Crippen molar-refractivity contribution >= 4 is 39.2 Å². The van der Waals surface area contributed by atoms with E-state index in [0.29, 0.717) is 11.1 Å². The van der Waals surface area contributed by atoms with E-state index in [-0.39, 0.29) is 11.9 Å². The van der Waals surface area contributed by atoms with Gasteiger partial charge in [0.2, 0.25) is 4.96 Å². The SMILES string of the molecule is Cc1nc2ccc(C(=O)Nc3nc4scc(-c5ccccc5)n4n3)cc2nc1C. The molecule has 8 heteroatoms. The number of benzene rings is 2. The van der Waals surface area contributed by atoms with E-state index in [1.165, 1.54) is 11.3 Å². The number of fused-ring (bicyclic) bond motifs is 2. The van der Waals surface area contributed by atoms with Crippen LogP contribution in [0.2, 0.25) is 0 Å². The zero-order valence-corrected chi connectivity index (χ0v) is 16.6. The molecule has 0 aliphatic carbocycles. The van der Waals surface area contributed by atoms with Crippen molar-refractivity contribution in [1.29, 1.82) is 0 Å². The van der Waals surface area contributed by atoms with Crippen LogP contribution >= 0.6 is 11.3 Å². The molecule has 0 saturated carbocycles. The standard InChI is InChI=1S/C21H16N6OS/c1-12-13(2)23-17-10-15(8-9-16(17)22-12)19(28)24-20-25-21-27(26-20)18(11-29-21)14-6-4-3-5-7-14/h3-11H,1-2H3,(H,24,26,28). The summed E-state index contributed by atoms with van der Waals surface area (Å²) in [4.78, 5) is 26.9. The Hall–Kier alpha value is -3.65. The maximum atomic E-state index is 12.7. The average molecular weight is 400 g/mol. The number of rotatable bonds is 3. The first-order valence-electron chi connectivity index (χ1n) is 9.04. The second-order valence-corrected chi connectivity index (χ2v) is 7.51. The highest BCUT2D eigenvalue weighted by Gasteiger charge is 2.15. The smallest absolute Gasteiger partial charge is 0.258 e. The molecule has 5 aromatic rings. The summed E-state index contributed by atoms with van der Waals surface area (Å²) in [5, 5.41) is 9.24. The molecule has 5 rings (SSSR count). The summed E-state index contributed by atoms with van der Waals surface area (Å²) in [6.45, 7) is 3.82. The molecule has 1 N–H and O–H groups in total. The van der Waals surface area contributed by atoms with Crippen molar-refractivity contribution in [3.8, 4) is 11.3 Å². The van der Waals surface area contributed by atoms with Crippen molar-refractivity contribution in [1.82, 2.24) is 24.6 Å². The zero-order chi connectivity index (χ0) is 20.0. The molecule has 0 aliphatic rings. The van der Waals surface area contributed by atoms with Crippen LogP contribution < -0.4 is 5.32 Å². The van der Waals surface area contributed by atoms with Crippen LogP contribution in [-0.4, -0.2) is 30.5 Å². The Labute approximate surface area is 170 Å². The van der Waals surface area contributed by atoms with Crippen molar-refractivity contribution in [3.63, 3.8) is 0 Å². The second kappa shape index (κ2) is 6.75. The third-order valence-corrected chi connectivity index (χ3v) is 5.53. The van der Waals surface area contributed by atoms with E-state index >= 15 is 0 Å². The van der Waals surface area contributed by atoms with Gasteiger partial charge in [-0.05, 0) is 32.0 Å². The van der Waals surface area contributed by atoms with Crippen LogP contribution in [0.3, 0.4) is 0 Å². The summed E-state index contributed by atoms with van der Waals surface area (Å²) in [5.41, 5.74) is 5.64. The van der Waals surface area contributed by atoms with E-state index in [0.717, 1.165) is 33.1 Å². The van der Waals surface area contributed by atoms with Crippen LogP contribution in [-0.2, 0) is 0 Å². The first kappa shape index (κ1) is 17.4. The van der Waals surface area contributed by atoms with Gasteiger partial charge in [0.15, 0.2) is 0 Å². The number of carbonyl (C=O) groups is 1. The minimum atomic E-state index is -0.286. The Balaban J connectivity index is 1.45. The molecular formula is C21H16N6OS. The molecule has 0 aliphatic heterocycles. The van der Waals surface area contributed by atoms with E-state index < -0.39 is 0 Å². The van der Waals surface area contributed by atoms with Crippen LogP contribution in [0.15, 0.2) is 53.9 Å². The minimum Gasteiger partial charge on any atom is -0.289 e. The maximum Gasteiger partial charge on any atom is 0.258 e. The summed E-state index contributed by atoms with van der Waals surface area (Å²) in [5.74, 6) is -0.0169. The Kier molecular flexibility index (Phi) is 4.06. The largest absolute Gasteiger partial charge is 0.289 e. The van der Waals surface area contributed by atoms with Crippen molar-refractivity contribution in [3.05, 3.63) is 70.9 Å². The summed E-state index contributed by atoms with van der Waals surface area (Å²) in [7, 11) is 0. The van der Waals surface area contributed by atoms with E-state index in [2.05, 4.69) is 25.4 Å². The van der Waals surface area contributed by atoms with E-state index in [1.807, 2.05) is 49.6 Å². The van der Waals surface area contributed by atoms with Crippen molar-refractivity contribution in [2.24, 2.45) is 0 Å². The minimum absolute atomic E-state index is 0.269. The number of anilines is 1. The first-order valence-corrected chi connectivity index (χ1v) is 9.92. The van der Waals surface area contributed by atoms with Gasteiger partial charge >= 0.3 is 0 Å². The Bertz CT molecular complexity index is 1370. The van der Waals surface area contributed by atoms with E-state index in [9.17, 15) is 4.79 Å². The molecule has 0 spiro atoms. The topological polar surface area (TPSA) is 85.1 Å². The molecule has 3 heterocycles. The van der Waals surface area contributed by atoms with Crippen LogP contribution in [0.5, 0.6) is 0 Å². The molecule has 142 valence electrons. The molecule has 0 radical (unpaired) electrons. The van der Waals surface area contributed by atoms with Crippen molar-refractivity contribution in [2.45, 2.75) is 13.8 Å². The summed E-state index contributed by atoms with van der Waals surface area (Å²) in [6.07, 6.45) is 0. The lowest BCUT2D eigenvalue weighted by molar-refractivity contribution is 0.102. The second-order valence-electron chi connectivity index (χ2n) is 6.67. The van der Waals surface area contributed by atoms with Gasteiger partial charge in [-0.15, -0.1) is 16.4 Å². The fourth-order valence-corrected chi connectivity index (χ4v) is 3.92. The fraction of sp³-hybridized carbons (Fsp3) is 0.0952. The highest BCUT2D eigenvalue weighted by atomic mass is 32.1. The number of hydrogen-bond acceptors (Lipinski definition) is 6. The highest BCUT2D eigenvalue weighted by Crippen LogP contribution is 2.25. The van der Waals surface area contributed by atoms with Gasteiger partial charge in [0.1, 0.15) is 0 Å². The monoisotopic (exact) mass is 400 g/mol. The van der Waals surface area contributed by atoms with Crippen LogP contribution in [0.25, 0.3) is 27.3 Å². The molecular weight excluding hydrogens is 384 g/mol. The van der Waals surface area contributed by atoms with E-state index in [4.69, 9.17) is 0 Å². The van der Waals surface area contributed by atoms with Gasteiger partial charge in [-0.25, -0.2) is 14.5 Å². The lowest BCUT2D eigenvalue weighted by Crippen LogP contribution is -2.13. The quantitative estimate of drug-likeness (QED) is 0.489. The van der Waals surface area contributed by atoms with Gasteiger partial charge in [-0.3, -0.25) is 10.1 Å². The number of nitrogens with zero attached hydrogens (tertiary/aromatic N) is 5. The van der Waals surface area contributed by atoms with Gasteiger partial charge in [-0.1, -0.05) is 30.3 Å². The maximum absolute atomic E-state index is 12.7. The van der Waals surface area contributed by atoms with E-state index in [1.54, 1.807) is 22.7 Å². The molecule has 0 fully saturated rings. The molecule has 0 saturated heterocycles. The predicted molar refractivity (Wildman–Crippen MR) is 113 cm³/mol. The number of aryl methyl sites for hydroxylation is 2. The molecule has 7 nitrogen and oxygen atoms in total. The number of amides is 1. The molecule has 29 heavy (non-hydrogen) atoms. The third kappa shape index (κ3) is 3.13. The number of aromatic nitrogens is 5. The van der Waals surface area contributed by atoms with Crippen molar-refractivity contribution < 1.29 is 4.79 Å². The number of carbonyl (C=O) groups excluding carboxylic acids is 1. The number of thiazole rings is 1. The fourth-order valence-electron chi connectivity index (χ4n) is 3.09. The average Bonchev–Trinajstić information content (AvgIpc) is 3.29. The van der Waals surface area contributed by atoms with Crippen LogP contribution in [0, 0.1) is 13.8 Å². The van der Waals surface area contributed by atoms with Crippen molar-refractivity contribution in [2.75, 3.05) is 5.32 Å². The Morgan fingerprint density at radius 2 is 1.72 bits per heavy atom. The van der Waals surface area contributed by atoms with Gasteiger partial charge < -0.3 is 0 Å². The first-order chi connectivity index (χ1) is 14.1. The van der Waals surface area contributed by atoms with Gasteiger partial charge in [0.25, 0.3) is 11.9 Å². The number of hydrogen-bond donors (Lipinski definition) is 1. The van der Waals surface area contributed by atoms with Gasteiger partial charge in [-0.2, -0.15) is 4.98 Å². The lowest BCUT2D eigenvalue weighted by atomic mass is 10.1. The number of nitrogens with one attached hydrogen (secondary N) is 1. The molecule has 0 atom stereocenters. The summed E-state index contributed by atoms with van der Waals surface area (Å²) in [6, 6.07) is 15.2. The lowest BCUT2D eigenvalue weighted by Gasteiger charge is -2.05. The molecule has 0 bridgehead atoms. The summed E-state index contributed by atoms with van der Waals surface area (Å²) < 4.78 is 1.74. The third-order valence-electron chi connectivity index (χ3n) is 4.71. The summed E-state index contributed by atoms with van der Waals surface area (Å²) >= 11 is 1.48. The predicted octanol–water partition coefficient (Wildman–Crippen LogP) is 4.27. The molecule has 1 amide bonds. The highest BCUT2D eigenvalue weighted by molar-refractivity contribution is 7.15. The molecule has 3 aromatic heterocycles. The molecule has 0 unspecified atom stereocenters. The normalized spacial score (nSPS) is 11.2. The van der Waals surface area contributed by atoms with Crippen LogP contribution in [0.1, 0.15) is 21.7 Å². The van der Waals surface area contributed by atoms with Gasteiger partial charge in [0, 0.05) is 16.5 Å². The van der Waals surface area contributed by atoms with Gasteiger partial charge in [0.05, 0.1) is 28.1 Å². The van der Waals surface area contributed by atoms with Crippen LogP contribution in [0.4, 0.5) is 5.95 Å². The zero-order valence-electron chi connectivity index (χ0n) is 15.7. The Morgan fingerprint density at radius 1 is 0.966 bits per heavy atom.